The monoisotopic (exact) mass is 331 g/mol. The topological polar surface area (TPSA) is 37.4 Å². The van der Waals surface area contributed by atoms with Crippen molar-refractivity contribution in [1.29, 1.82) is 0 Å². The van der Waals surface area contributed by atoms with Crippen LogP contribution in [0, 0.1) is 0 Å². The van der Waals surface area contributed by atoms with E-state index in [2.05, 4.69) is 45.8 Å². The minimum absolute atomic E-state index is 0.596. The zero-order valence-electron chi connectivity index (χ0n) is 14.1. The summed E-state index contributed by atoms with van der Waals surface area (Å²) in [4.78, 5) is 4.06. The molecule has 0 amide bonds. The van der Waals surface area contributed by atoms with E-state index >= 15 is 0 Å². The van der Waals surface area contributed by atoms with Crippen molar-refractivity contribution in [1.82, 2.24) is 9.99 Å². The van der Waals surface area contributed by atoms with Crippen LogP contribution in [0.15, 0.2) is 73.1 Å². The van der Waals surface area contributed by atoms with Crippen LogP contribution >= 0.6 is 0 Å². The number of nitrogens with zero attached hydrogens (tertiary/aromatic N) is 2. The average molecular weight is 331 g/mol. The van der Waals surface area contributed by atoms with E-state index in [0.717, 1.165) is 30.9 Å². The van der Waals surface area contributed by atoms with Crippen molar-refractivity contribution < 1.29 is 4.74 Å². The highest BCUT2D eigenvalue weighted by atomic mass is 16.5. The van der Waals surface area contributed by atoms with Crippen LogP contribution in [-0.2, 0) is 19.6 Å². The Bertz CT molecular complexity index is 821. The molecule has 0 unspecified atom stereocenters. The fourth-order valence-electron chi connectivity index (χ4n) is 3.07. The molecular formula is C21H21N3O. The van der Waals surface area contributed by atoms with E-state index in [1.165, 1.54) is 16.7 Å². The number of fused-ring (bicyclic) bond motifs is 1. The quantitative estimate of drug-likeness (QED) is 0.765. The molecule has 25 heavy (non-hydrogen) atoms. The van der Waals surface area contributed by atoms with Crippen LogP contribution in [0.4, 0.5) is 5.69 Å². The molecule has 1 N–H and O–H groups in total. The van der Waals surface area contributed by atoms with E-state index in [-0.39, 0.29) is 0 Å². The van der Waals surface area contributed by atoms with E-state index in [4.69, 9.17) is 4.74 Å². The molecule has 0 atom stereocenters. The van der Waals surface area contributed by atoms with Crippen LogP contribution in [0.5, 0.6) is 5.75 Å². The van der Waals surface area contributed by atoms with Crippen molar-refractivity contribution in [3.8, 4) is 5.75 Å². The Hall–Kier alpha value is -2.85. The van der Waals surface area contributed by atoms with Gasteiger partial charge >= 0.3 is 0 Å². The van der Waals surface area contributed by atoms with Gasteiger partial charge in [0.25, 0.3) is 0 Å². The summed E-state index contributed by atoms with van der Waals surface area (Å²) in [5.74, 6) is 0.924. The standard InChI is InChI=1S/C21H21N3O/c1-2-4-17(5-3-1)16-25-21-7-6-18-10-13-24(15-19(18)14-21)23-20-8-11-22-12-9-20/h1-9,11-12,14H,10,13,15-16H2,(H,22,23). The van der Waals surface area contributed by atoms with Crippen molar-refractivity contribution >= 4 is 5.69 Å². The number of aromatic nitrogens is 1. The molecule has 0 aliphatic carbocycles. The van der Waals surface area contributed by atoms with E-state index in [1.54, 1.807) is 12.4 Å². The molecule has 126 valence electrons. The van der Waals surface area contributed by atoms with Crippen LogP contribution < -0.4 is 10.2 Å². The van der Waals surface area contributed by atoms with Crippen molar-refractivity contribution in [2.45, 2.75) is 19.6 Å². The molecule has 3 aromatic rings. The predicted octanol–water partition coefficient (Wildman–Crippen LogP) is 4.05. The zero-order valence-corrected chi connectivity index (χ0v) is 14.1. The summed E-state index contributed by atoms with van der Waals surface area (Å²) in [6.45, 7) is 2.44. The summed E-state index contributed by atoms with van der Waals surface area (Å²) in [6.07, 6.45) is 4.64. The molecular weight excluding hydrogens is 310 g/mol. The Labute approximate surface area is 148 Å². The molecule has 4 nitrogen and oxygen atoms in total. The van der Waals surface area contributed by atoms with Crippen LogP contribution in [0.3, 0.4) is 0 Å². The van der Waals surface area contributed by atoms with Gasteiger partial charge in [-0.2, -0.15) is 0 Å². The van der Waals surface area contributed by atoms with Gasteiger partial charge in [0.05, 0.1) is 5.69 Å². The van der Waals surface area contributed by atoms with Crippen LogP contribution in [-0.4, -0.2) is 16.5 Å². The Balaban J connectivity index is 1.42. The summed E-state index contributed by atoms with van der Waals surface area (Å²) >= 11 is 0. The lowest BCUT2D eigenvalue weighted by Gasteiger charge is -2.30. The third kappa shape index (κ3) is 3.98. The lowest BCUT2D eigenvalue weighted by Crippen LogP contribution is -2.35. The molecule has 1 aliphatic rings. The first-order valence-electron chi connectivity index (χ1n) is 8.57. The highest BCUT2D eigenvalue weighted by Gasteiger charge is 2.16. The molecule has 0 saturated heterocycles. The van der Waals surface area contributed by atoms with Crippen molar-refractivity contribution in [3.05, 3.63) is 89.7 Å². The fraction of sp³-hybridized carbons (Fsp3) is 0.190. The predicted molar refractivity (Wildman–Crippen MR) is 99.2 cm³/mol. The third-order valence-electron chi connectivity index (χ3n) is 4.41. The smallest absolute Gasteiger partial charge is 0.120 e. The van der Waals surface area contributed by atoms with Gasteiger partial charge in [0.1, 0.15) is 12.4 Å². The number of pyridine rings is 1. The average Bonchev–Trinajstić information content (AvgIpc) is 2.68. The first-order chi connectivity index (χ1) is 12.4. The van der Waals surface area contributed by atoms with Gasteiger partial charge in [0.2, 0.25) is 0 Å². The third-order valence-corrected chi connectivity index (χ3v) is 4.41. The van der Waals surface area contributed by atoms with E-state index < -0.39 is 0 Å². The van der Waals surface area contributed by atoms with Gasteiger partial charge in [-0.25, -0.2) is 5.01 Å². The van der Waals surface area contributed by atoms with Gasteiger partial charge in [-0.3, -0.25) is 4.98 Å². The number of hydrazine groups is 1. The second-order valence-electron chi connectivity index (χ2n) is 6.22. The Morgan fingerprint density at radius 3 is 2.64 bits per heavy atom. The molecule has 0 spiro atoms. The van der Waals surface area contributed by atoms with Gasteiger partial charge in [-0.05, 0) is 47.4 Å². The SMILES string of the molecule is c1ccc(COc2ccc3c(c2)CN(Nc2ccncc2)CC3)cc1. The number of ether oxygens (including phenoxy) is 1. The largest absolute Gasteiger partial charge is 0.489 e. The number of hydrogen-bond acceptors (Lipinski definition) is 4. The summed E-state index contributed by atoms with van der Waals surface area (Å²) < 4.78 is 5.96. The molecule has 0 radical (unpaired) electrons. The summed E-state index contributed by atoms with van der Waals surface area (Å²) in [6, 6.07) is 20.7. The zero-order chi connectivity index (χ0) is 16.9. The number of hydrogen-bond donors (Lipinski definition) is 1. The molecule has 2 aromatic carbocycles. The first kappa shape index (κ1) is 15.7. The van der Waals surface area contributed by atoms with E-state index in [1.807, 2.05) is 30.3 Å². The second kappa shape index (κ2) is 7.36. The molecule has 0 fully saturated rings. The highest BCUT2D eigenvalue weighted by molar-refractivity contribution is 5.41. The molecule has 1 aliphatic heterocycles. The molecule has 4 rings (SSSR count). The maximum absolute atomic E-state index is 5.96. The number of rotatable bonds is 5. The fourth-order valence-corrected chi connectivity index (χ4v) is 3.07. The lowest BCUT2D eigenvalue weighted by molar-refractivity contribution is 0.295. The van der Waals surface area contributed by atoms with Crippen LogP contribution in [0.2, 0.25) is 0 Å². The van der Waals surface area contributed by atoms with Crippen molar-refractivity contribution in [3.63, 3.8) is 0 Å². The maximum atomic E-state index is 5.96. The number of benzene rings is 2. The summed E-state index contributed by atoms with van der Waals surface area (Å²) in [5, 5.41) is 2.23. The molecule has 4 heteroatoms. The Morgan fingerprint density at radius 1 is 0.960 bits per heavy atom. The van der Waals surface area contributed by atoms with E-state index in [9.17, 15) is 0 Å². The lowest BCUT2D eigenvalue weighted by atomic mass is 10.0. The maximum Gasteiger partial charge on any atom is 0.120 e. The van der Waals surface area contributed by atoms with Crippen LogP contribution in [0.25, 0.3) is 0 Å². The second-order valence-corrected chi connectivity index (χ2v) is 6.22. The minimum atomic E-state index is 0.596. The first-order valence-corrected chi connectivity index (χ1v) is 8.57. The van der Waals surface area contributed by atoms with Crippen molar-refractivity contribution in [2.24, 2.45) is 0 Å². The summed E-state index contributed by atoms with van der Waals surface area (Å²) in [7, 11) is 0. The Kier molecular flexibility index (Phi) is 4.61. The van der Waals surface area contributed by atoms with Gasteiger partial charge < -0.3 is 10.2 Å². The summed E-state index contributed by atoms with van der Waals surface area (Å²) in [5.41, 5.74) is 8.42. The van der Waals surface area contributed by atoms with Gasteiger partial charge in [-0.1, -0.05) is 36.4 Å². The molecule has 2 heterocycles. The molecule has 0 saturated carbocycles. The van der Waals surface area contributed by atoms with Gasteiger partial charge in [0, 0.05) is 25.5 Å². The molecule has 1 aromatic heterocycles. The molecule has 0 bridgehead atoms. The normalized spacial score (nSPS) is 13.9. The number of nitrogens with one attached hydrogen (secondary N) is 1. The van der Waals surface area contributed by atoms with Crippen molar-refractivity contribution in [2.75, 3.05) is 12.0 Å². The highest BCUT2D eigenvalue weighted by Crippen LogP contribution is 2.25. The van der Waals surface area contributed by atoms with Gasteiger partial charge in [-0.15, -0.1) is 0 Å². The van der Waals surface area contributed by atoms with Gasteiger partial charge in [0.15, 0.2) is 0 Å². The number of anilines is 1. The Morgan fingerprint density at radius 2 is 1.80 bits per heavy atom. The minimum Gasteiger partial charge on any atom is -0.489 e. The van der Waals surface area contributed by atoms with Crippen LogP contribution in [0.1, 0.15) is 16.7 Å². The van der Waals surface area contributed by atoms with E-state index in [0.29, 0.717) is 6.61 Å².